The van der Waals surface area contributed by atoms with Gasteiger partial charge in [0.05, 0.1) is 18.0 Å². The SMILES string of the molecule is Cc1ccc(NC(=O)CN(CC(=O)Nc2ccc(C)c(C)c2)NC(=O)c2ccc(S(=O)(=O)N3CCCC3)cc2)cc1C. The first-order chi connectivity index (χ1) is 19.9. The maximum absolute atomic E-state index is 13.1. The van der Waals surface area contributed by atoms with Crippen molar-refractivity contribution in [2.24, 2.45) is 0 Å². The van der Waals surface area contributed by atoms with E-state index in [2.05, 4.69) is 16.1 Å². The third-order valence-electron chi connectivity index (χ3n) is 7.33. The van der Waals surface area contributed by atoms with Crippen LogP contribution in [-0.2, 0) is 19.6 Å². The number of rotatable bonds is 10. The average molecular weight is 592 g/mol. The van der Waals surface area contributed by atoms with Gasteiger partial charge in [0.15, 0.2) is 0 Å². The maximum atomic E-state index is 13.1. The van der Waals surface area contributed by atoms with E-state index in [4.69, 9.17) is 0 Å². The maximum Gasteiger partial charge on any atom is 0.265 e. The summed E-state index contributed by atoms with van der Waals surface area (Å²) in [6, 6.07) is 16.7. The molecule has 222 valence electrons. The van der Waals surface area contributed by atoms with Gasteiger partial charge in [0.25, 0.3) is 5.91 Å². The highest BCUT2D eigenvalue weighted by atomic mass is 32.2. The van der Waals surface area contributed by atoms with Crippen LogP contribution < -0.4 is 16.1 Å². The molecule has 0 spiro atoms. The normalized spacial score (nSPS) is 13.6. The Morgan fingerprint density at radius 2 is 1.19 bits per heavy atom. The molecule has 0 bridgehead atoms. The molecule has 3 amide bonds. The molecule has 3 aromatic carbocycles. The highest BCUT2D eigenvalue weighted by Gasteiger charge is 2.27. The Morgan fingerprint density at radius 1 is 0.714 bits per heavy atom. The van der Waals surface area contributed by atoms with Crippen molar-refractivity contribution in [3.63, 3.8) is 0 Å². The van der Waals surface area contributed by atoms with Gasteiger partial charge >= 0.3 is 0 Å². The monoisotopic (exact) mass is 591 g/mol. The summed E-state index contributed by atoms with van der Waals surface area (Å²) in [5.74, 6) is -1.44. The molecule has 1 saturated heterocycles. The van der Waals surface area contributed by atoms with Gasteiger partial charge in [-0.3, -0.25) is 19.8 Å². The minimum absolute atomic E-state index is 0.110. The van der Waals surface area contributed by atoms with Crippen molar-refractivity contribution in [1.29, 1.82) is 0 Å². The molecule has 0 aromatic heterocycles. The van der Waals surface area contributed by atoms with E-state index in [0.717, 1.165) is 35.1 Å². The van der Waals surface area contributed by atoms with Crippen LogP contribution in [0.5, 0.6) is 0 Å². The van der Waals surface area contributed by atoms with Crippen LogP contribution >= 0.6 is 0 Å². The van der Waals surface area contributed by atoms with Gasteiger partial charge in [0.1, 0.15) is 0 Å². The van der Waals surface area contributed by atoms with Crippen molar-refractivity contribution in [3.8, 4) is 0 Å². The van der Waals surface area contributed by atoms with E-state index < -0.39 is 27.7 Å². The second-order valence-corrected chi connectivity index (χ2v) is 12.6. The Labute approximate surface area is 247 Å². The first kappa shape index (κ1) is 30.9. The van der Waals surface area contributed by atoms with Crippen molar-refractivity contribution in [2.45, 2.75) is 45.4 Å². The molecular formula is C31H37N5O5S. The number of carbonyl (C=O) groups is 3. The van der Waals surface area contributed by atoms with Crippen LogP contribution in [0.15, 0.2) is 65.6 Å². The molecule has 1 aliphatic rings. The Morgan fingerprint density at radius 3 is 1.64 bits per heavy atom. The zero-order valence-corrected chi connectivity index (χ0v) is 25.2. The summed E-state index contributed by atoms with van der Waals surface area (Å²) in [4.78, 5) is 39.1. The third kappa shape index (κ3) is 7.81. The highest BCUT2D eigenvalue weighted by molar-refractivity contribution is 7.89. The van der Waals surface area contributed by atoms with Gasteiger partial charge in [-0.05, 0) is 111 Å². The predicted molar refractivity (Wildman–Crippen MR) is 163 cm³/mol. The van der Waals surface area contributed by atoms with Gasteiger partial charge < -0.3 is 10.6 Å². The number of hydrogen-bond donors (Lipinski definition) is 3. The number of carbonyl (C=O) groups excluding carboxylic acids is 3. The number of nitrogens with zero attached hydrogens (tertiary/aromatic N) is 2. The minimum Gasteiger partial charge on any atom is -0.325 e. The van der Waals surface area contributed by atoms with Crippen LogP contribution in [0.2, 0.25) is 0 Å². The lowest BCUT2D eigenvalue weighted by atomic mass is 10.1. The van der Waals surface area contributed by atoms with Crippen LogP contribution in [0.4, 0.5) is 11.4 Å². The summed E-state index contributed by atoms with van der Waals surface area (Å²) in [5, 5.41) is 6.84. The molecule has 0 radical (unpaired) electrons. The summed E-state index contributed by atoms with van der Waals surface area (Å²) in [5.41, 5.74) is 8.22. The second kappa shape index (κ2) is 13.3. The Bertz CT molecular complexity index is 1510. The van der Waals surface area contributed by atoms with Crippen molar-refractivity contribution in [3.05, 3.63) is 88.5 Å². The quantitative estimate of drug-likeness (QED) is 0.307. The standard InChI is InChI=1S/C31H37N5O5S/c1-21-7-11-26(17-23(21)3)32-29(37)19-35(20-30(38)33-27-12-8-22(2)24(4)18-27)34-31(39)25-9-13-28(14-10-25)42(40,41)36-15-5-6-16-36/h7-14,17-18H,5-6,15-16,19-20H2,1-4H3,(H,32,37)(H,33,38)(H,34,39). The molecule has 0 atom stereocenters. The molecule has 0 saturated carbocycles. The largest absolute Gasteiger partial charge is 0.325 e. The summed E-state index contributed by atoms with van der Waals surface area (Å²) in [6.45, 7) is 8.18. The fourth-order valence-electron chi connectivity index (χ4n) is 4.59. The molecule has 0 aliphatic carbocycles. The van der Waals surface area contributed by atoms with E-state index >= 15 is 0 Å². The van der Waals surface area contributed by atoms with Crippen molar-refractivity contribution in [1.82, 2.24) is 14.7 Å². The van der Waals surface area contributed by atoms with Gasteiger partial charge in [-0.15, -0.1) is 0 Å². The summed E-state index contributed by atoms with van der Waals surface area (Å²) in [7, 11) is -3.62. The van der Waals surface area contributed by atoms with Crippen LogP contribution in [0, 0.1) is 27.7 Å². The van der Waals surface area contributed by atoms with Gasteiger partial charge in [0.2, 0.25) is 21.8 Å². The van der Waals surface area contributed by atoms with Crippen molar-refractivity contribution < 1.29 is 22.8 Å². The molecule has 0 unspecified atom stereocenters. The van der Waals surface area contributed by atoms with Crippen molar-refractivity contribution in [2.75, 3.05) is 36.8 Å². The zero-order valence-electron chi connectivity index (χ0n) is 24.4. The number of nitrogens with one attached hydrogen (secondary N) is 3. The van der Waals surface area contributed by atoms with Crippen LogP contribution in [-0.4, -0.2) is 61.6 Å². The summed E-state index contributed by atoms with van der Waals surface area (Å²) < 4.78 is 27.1. The number of benzene rings is 3. The molecule has 10 nitrogen and oxygen atoms in total. The molecule has 3 N–H and O–H groups in total. The number of anilines is 2. The molecule has 1 heterocycles. The number of sulfonamides is 1. The lowest BCUT2D eigenvalue weighted by molar-refractivity contribution is -0.120. The van der Waals surface area contributed by atoms with Gasteiger partial charge in [-0.25, -0.2) is 13.4 Å². The number of hydrogen-bond acceptors (Lipinski definition) is 6. The zero-order chi connectivity index (χ0) is 30.4. The van der Waals surface area contributed by atoms with Crippen LogP contribution in [0.3, 0.4) is 0 Å². The van der Waals surface area contributed by atoms with E-state index in [1.54, 1.807) is 12.1 Å². The fraction of sp³-hybridized carbons (Fsp3) is 0.323. The molecule has 1 aliphatic heterocycles. The van der Waals surface area contributed by atoms with Gasteiger partial charge in [-0.2, -0.15) is 4.31 Å². The van der Waals surface area contributed by atoms with E-state index in [1.165, 1.54) is 33.6 Å². The number of amides is 3. The molecule has 3 aromatic rings. The number of aryl methyl sites for hydroxylation is 4. The minimum atomic E-state index is -3.62. The summed E-state index contributed by atoms with van der Waals surface area (Å²) in [6.07, 6.45) is 1.65. The Balaban J connectivity index is 1.47. The fourth-order valence-corrected chi connectivity index (χ4v) is 6.10. The number of hydrazine groups is 1. The van der Waals surface area contributed by atoms with E-state index in [-0.39, 0.29) is 23.5 Å². The molecule has 4 rings (SSSR count). The van der Waals surface area contributed by atoms with Crippen molar-refractivity contribution >= 4 is 39.1 Å². The highest BCUT2D eigenvalue weighted by Crippen LogP contribution is 2.21. The first-order valence-electron chi connectivity index (χ1n) is 13.8. The Kier molecular flexibility index (Phi) is 9.77. The van der Waals surface area contributed by atoms with E-state index in [9.17, 15) is 22.8 Å². The summed E-state index contributed by atoms with van der Waals surface area (Å²) >= 11 is 0. The van der Waals surface area contributed by atoms with E-state index in [1.807, 2.05) is 52.0 Å². The lowest BCUT2D eigenvalue weighted by Crippen LogP contribution is -2.49. The molecular weight excluding hydrogens is 554 g/mol. The predicted octanol–water partition coefficient (Wildman–Crippen LogP) is 3.93. The molecule has 42 heavy (non-hydrogen) atoms. The molecule has 1 fully saturated rings. The van der Waals surface area contributed by atoms with Gasteiger partial charge in [0, 0.05) is 30.0 Å². The topological polar surface area (TPSA) is 128 Å². The van der Waals surface area contributed by atoms with Gasteiger partial charge in [-0.1, -0.05) is 12.1 Å². The lowest BCUT2D eigenvalue weighted by Gasteiger charge is -2.22. The first-order valence-corrected chi connectivity index (χ1v) is 15.3. The van der Waals surface area contributed by atoms with Crippen LogP contribution in [0.25, 0.3) is 0 Å². The van der Waals surface area contributed by atoms with E-state index in [0.29, 0.717) is 24.5 Å². The average Bonchev–Trinajstić information content (AvgIpc) is 3.49. The molecule has 11 heteroatoms. The Hall–Kier alpha value is -4.06. The second-order valence-electron chi connectivity index (χ2n) is 10.6. The smallest absolute Gasteiger partial charge is 0.265 e. The van der Waals surface area contributed by atoms with Crippen LogP contribution in [0.1, 0.15) is 45.5 Å². The third-order valence-corrected chi connectivity index (χ3v) is 9.24.